The van der Waals surface area contributed by atoms with E-state index in [4.69, 9.17) is 4.52 Å². The van der Waals surface area contributed by atoms with Crippen molar-refractivity contribution in [2.45, 2.75) is 129 Å². The van der Waals surface area contributed by atoms with Gasteiger partial charge in [-0.15, -0.1) is 0 Å². The van der Waals surface area contributed by atoms with E-state index in [1.165, 1.54) is 83.5 Å². The third-order valence-corrected chi connectivity index (χ3v) is 8.26. The molecular formula is C26H55NO3P+. The fourth-order valence-corrected chi connectivity index (χ4v) is 6.08. The van der Waals surface area contributed by atoms with E-state index in [0.717, 1.165) is 19.3 Å². The molecular weight excluding hydrogens is 405 g/mol. The summed E-state index contributed by atoms with van der Waals surface area (Å²) < 4.78 is 18.6. The van der Waals surface area contributed by atoms with Gasteiger partial charge in [0.2, 0.25) is 0 Å². The van der Waals surface area contributed by atoms with Crippen molar-refractivity contribution < 1.29 is 18.5 Å². The molecule has 0 radical (unpaired) electrons. The minimum absolute atomic E-state index is 0.336. The summed E-state index contributed by atoms with van der Waals surface area (Å²) >= 11 is 0. The summed E-state index contributed by atoms with van der Waals surface area (Å²) in [7, 11) is 2.34. The predicted octanol–water partition coefficient (Wildman–Crippen LogP) is 8.45. The number of hydrogen-bond donors (Lipinski definition) is 1. The van der Waals surface area contributed by atoms with Crippen LogP contribution in [-0.2, 0) is 9.09 Å². The first-order valence-corrected chi connectivity index (χ1v) is 14.8. The van der Waals surface area contributed by atoms with Crippen LogP contribution < -0.4 is 0 Å². The van der Waals surface area contributed by atoms with Gasteiger partial charge in [0, 0.05) is 6.42 Å². The Hall–Kier alpha value is -0.150. The molecule has 0 bridgehead atoms. The van der Waals surface area contributed by atoms with Crippen molar-refractivity contribution >= 4 is 7.60 Å². The molecule has 186 valence electrons. The summed E-state index contributed by atoms with van der Waals surface area (Å²) in [6, 6.07) is 0. The van der Waals surface area contributed by atoms with Gasteiger partial charge < -0.3 is 13.9 Å². The van der Waals surface area contributed by atoms with Crippen molar-refractivity contribution in [1.82, 2.24) is 0 Å². The number of nitrogens with zero attached hydrogens (tertiary/aromatic N) is 1. The van der Waals surface area contributed by atoms with Gasteiger partial charge in [-0.2, -0.15) is 0 Å². The SMILES string of the molecule is CCCCCCCC/C=C\CCCCCCCCCOP(=O)(O)C(CCC)[N+](C)(C)C. The Morgan fingerprint density at radius 2 is 1.19 bits per heavy atom. The summed E-state index contributed by atoms with van der Waals surface area (Å²) in [5.74, 6) is -0.336. The normalized spacial score (nSPS) is 15.4. The number of quaternary nitrogens is 1. The van der Waals surface area contributed by atoms with Crippen LogP contribution in [0.1, 0.15) is 123 Å². The molecule has 0 aromatic rings. The number of hydrogen-bond acceptors (Lipinski definition) is 2. The van der Waals surface area contributed by atoms with Crippen molar-refractivity contribution in [2.75, 3.05) is 27.7 Å². The fraction of sp³-hybridized carbons (Fsp3) is 0.923. The molecule has 0 aromatic carbocycles. The van der Waals surface area contributed by atoms with Gasteiger partial charge in [-0.3, -0.25) is 4.57 Å². The molecule has 0 rings (SSSR count). The maximum absolute atomic E-state index is 12.6. The maximum Gasteiger partial charge on any atom is 0.385 e. The van der Waals surface area contributed by atoms with Gasteiger partial charge in [0.1, 0.15) is 0 Å². The first-order chi connectivity index (χ1) is 14.8. The standard InChI is InChI=1S/C26H54NO3P/c1-6-8-9-10-11-12-13-14-15-16-17-18-19-20-21-22-23-25-30-31(28,29)26(24-7-2)27(3,4)5/h14-15,26H,6-13,16-25H2,1-5H3/p+1/b15-14-. The summed E-state index contributed by atoms with van der Waals surface area (Å²) in [6.45, 7) is 4.72. The summed E-state index contributed by atoms with van der Waals surface area (Å²) in [6.07, 6.45) is 25.4. The molecule has 0 aliphatic heterocycles. The quantitative estimate of drug-likeness (QED) is 0.0763. The summed E-state index contributed by atoms with van der Waals surface area (Å²) in [5.41, 5.74) is 0. The van der Waals surface area contributed by atoms with Crippen LogP contribution in [0.15, 0.2) is 12.2 Å². The Labute approximate surface area is 195 Å². The largest absolute Gasteiger partial charge is 0.385 e. The molecule has 0 aromatic heterocycles. The zero-order valence-electron chi connectivity index (χ0n) is 21.6. The van der Waals surface area contributed by atoms with E-state index in [2.05, 4.69) is 26.0 Å². The summed E-state index contributed by atoms with van der Waals surface area (Å²) in [4.78, 5) is 10.4. The third kappa shape index (κ3) is 18.0. The lowest BCUT2D eigenvalue weighted by Crippen LogP contribution is -2.45. The van der Waals surface area contributed by atoms with Crippen molar-refractivity contribution in [3.8, 4) is 0 Å². The molecule has 0 aliphatic rings. The van der Waals surface area contributed by atoms with Gasteiger partial charge >= 0.3 is 7.60 Å². The molecule has 0 heterocycles. The Kier molecular flexibility index (Phi) is 19.2. The highest BCUT2D eigenvalue weighted by Crippen LogP contribution is 2.51. The highest BCUT2D eigenvalue weighted by Gasteiger charge is 2.41. The molecule has 0 amide bonds. The topological polar surface area (TPSA) is 46.5 Å². The van der Waals surface area contributed by atoms with Gasteiger partial charge in [0.05, 0.1) is 27.7 Å². The van der Waals surface area contributed by atoms with Crippen LogP contribution >= 0.6 is 7.60 Å². The number of allylic oxidation sites excluding steroid dienone is 2. The average Bonchev–Trinajstić information content (AvgIpc) is 2.70. The summed E-state index contributed by atoms with van der Waals surface area (Å²) in [5, 5.41) is 0. The van der Waals surface area contributed by atoms with Crippen molar-refractivity contribution in [1.29, 1.82) is 0 Å². The van der Waals surface area contributed by atoms with E-state index in [1.807, 2.05) is 21.1 Å². The zero-order valence-corrected chi connectivity index (χ0v) is 22.5. The number of rotatable bonds is 22. The first-order valence-electron chi connectivity index (χ1n) is 13.2. The van der Waals surface area contributed by atoms with Crippen LogP contribution in [0.5, 0.6) is 0 Å². The van der Waals surface area contributed by atoms with Crippen LogP contribution in [0.2, 0.25) is 0 Å². The molecule has 2 unspecified atom stereocenters. The van der Waals surface area contributed by atoms with Crippen molar-refractivity contribution in [3.63, 3.8) is 0 Å². The van der Waals surface area contributed by atoms with Gasteiger partial charge in [-0.05, 0) is 38.5 Å². The molecule has 5 heteroatoms. The molecule has 31 heavy (non-hydrogen) atoms. The van der Waals surface area contributed by atoms with E-state index in [0.29, 0.717) is 17.5 Å². The van der Waals surface area contributed by atoms with Gasteiger partial charge in [-0.25, -0.2) is 0 Å². The van der Waals surface area contributed by atoms with E-state index >= 15 is 0 Å². The highest BCUT2D eigenvalue weighted by atomic mass is 31.2. The van der Waals surface area contributed by atoms with E-state index in [9.17, 15) is 9.46 Å². The second-order valence-corrected chi connectivity index (χ2v) is 12.1. The molecule has 0 aliphatic carbocycles. The Morgan fingerprint density at radius 3 is 1.65 bits per heavy atom. The second kappa shape index (κ2) is 19.3. The molecule has 0 saturated carbocycles. The lowest BCUT2D eigenvalue weighted by atomic mass is 10.1. The molecule has 0 fully saturated rings. The fourth-order valence-electron chi connectivity index (χ4n) is 4.05. The zero-order chi connectivity index (χ0) is 23.4. The molecule has 1 N–H and O–H groups in total. The van der Waals surface area contributed by atoms with Gasteiger partial charge in [0.15, 0.2) is 5.78 Å². The van der Waals surface area contributed by atoms with Crippen LogP contribution in [0.3, 0.4) is 0 Å². The lowest BCUT2D eigenvalue weighted by molar-refractivity contribution is -0.883. The van der Waals surface area contributed by atoms with E-state index in [1.54, 1.807) is 0 Å². The van der Waals surface area contributed by atoms with Crippen LogP contribution in [0.4, 0.5) is 0 Å². The van der Waals surface area contributed by atoms with Crippen LogP contribution in [0, 0.1) is 0 Å². The van der Waals surface area contributed by atoms with Gasteiger partial charge in [0.25, 0.3) is 0 Å². The predicted molar refractivity (Wildman–Crippen MR) is 137 cm³/mol. The lowest BCUT2D eigenvalue weighted by Gasteiger charge is -2.35. The molecule has 0 spiro atoms. The van der Waals surface area contributed by atoms with Crippen LogP contribution in [-0.4, -0.2) is 42.9 Å². The maximum atomic E-state index is 12.6. The molecule has 4 nitrogen and oxygen atoms in total. The minimum atomic E-state index is -3.57. The number of unbranched alkanes of at least 4 members (excludes halogenated alkanes) is 13. The third-order valence-electron chi connectivity index (χ3n) is 6.00. The Balaban J connectivity index is 3.57. The average molecular weight is 461 g/mol. The van der Waals surface area contributed by atoms with Gasteiger partial charge in [-0.1, -0.05) is 90.2 Å². The van der Waals surface area contributed by atoms with Crippen molar-refractivity contribution in [3.05, 3.63) is 12.2 Å². The smallest absolute Gasteiger partial charge is 0.320 e. The monoisotopic (exact) mass is 460 g/mol. The van der Waals surface area contributed by atoms with E-state index < -0.39 is 7.60 Å². The molecule has 2 atom stereocenters. The second-order valence-electron chi connectivity index (χ2n) is 10.1. The molecule has 0 saturated heterocycles. The Morgan fingerprint density at radius 1 is 0.742 bits per heavy atom. The first kappa shape index (κ1) is 30.9. The Bertz CT molecular complexity index is 474. The van der Waals surface area contributed by atoms with Crippen LogP contribution in [0.25, 0.3) is 0 Å². The minimum Gasteiger partial charge on any atom is -0.320 e. The van der Waals surface area contributed by atoms with Crippen molar-refractivity contribution in [2.24, 2.45) is 0 Å². The highest BCUT2D eigenvalue weighted by molar-refractivity contribution is 7.53. The van der Waals surface area contributed by atoms with E-state index in [-0.39, 0.29) is 5.78 Å².